The van der Waals surface area contributed by atoms with Gasteiger partial charge in [-0.15, -0.1) is 10.1 Å². The maximum absolute atomic E-state index is 13.5. The molecule has 3 atom stereocenters. The molecule has 0 saturated heterocycles. The minimum absolute atomic E-state index is 0.00622. The molecule has 0 saturated carbocycles. The van der Waals surface area contributed by atoms with Gasteiger partial charge in [0.25, 0.3) is 5.09 Å². The summed E-state index contributed by atoms with van der Waals surface area (Å²) in [4.78, 5) is 38.2. The Morgan fingerprint density at radius 3 is 2.44 bits per heavy atom. The van der Waals surface area contributed by atoms with E-state index in [2.05, 4.69) is 14.3 Å². The number of carbonyl (C=O) groups excluding carboxylic acids is 2. The van der Waals surface area contributed by atoms with E-state index in [-0.39, 0.29) is 11.3 Å². The van der Waals surface area contributed by atoms with E-state index in [9.17, 15) is 32.9 Å². The smallest absolute Gasteiger partial charge is 0.475 e. The van der Waals surface area contributed by atoms with Crippen molar-refractivity contribution in [3.05, 3.63) is 44.5 Å². The van der Waals surface area contributed by atoms with Crippen LogP contribution in [0.1, 0.15) is 30.5 Å². The van der Waals surface area contributed by atoms with E-state index >= 15 is 0 Å². The summed E-state index contributed by atoms with van der Waals surface area (Å²) in [6.07, 6.45) is -10.6. The van der Waals surface area contributed by atoms with Crippen LogP contribution in [0, 0.1) is 24.0 Å². The summed E-state index contributed by atoms with van der Waals surface area (Å²) in [5.41, 5.74) is 0.649. The standard InChI is InChI=1S/C19H20F3NO9/c1-9-5-10(2)15-13(6-9)7-14(16(32-15)19(20,21)22)17(24)30-12(4)31-18(25)29-11(3)8-28-23(26)27/h5-7,11-12,16H,8H2,1-4H3. The second-order valence-corrected chi connectivity index (χ2v) is 6.93. The third kappa shape index (κ3) is 6.49. The summed E-state index contributed by atoms with van der Waals surface area (Å²) in [7, 11) is 0. The van der Waals surface area contributed by atoms with Gasteiger partial charge in [0.2, 0.25) is 12.4 Å². The number of carbonyl (C=O) groups is 2. The highest BCUT2D eigenvalue weighted by Crippen LogP contribution is 2.39. The molecule has 1 aliphatic heterocycles. The Kier molecular flexibility index (Phi) is 7.54. The van der Waals surface area contributed by atoms with Gasteiger partial charge in [-0.2, -0.15) is 13.2 Å². The Bertz CT molecular complexity index is 929. The molecule has 2 rings (SSSR count). The number of alkyl halides is 3. The minimum Gasteiger partial charge on any atom is -0.475 e. The highest BCUT2D eigenvalue weighted by Gasteiger charge is 2.49. The van der Waals surface area contributed by atoms with Crippen LogP contribution in [0.4, 0.5) is 18.0 Å². The molecule has 0 N–H and O–H groups in total. The second-order valence-electron chi connectivity index (χ2n) is 6.93. The van der Waals surface area contributed by atoms with Crippen molar-refractivity contribution in [2.24, 2.45) is 0 Å². The van der Waals surface area contributed by atoms with Gasteiger partial charge in [0.1, 0.15) is 18.5 Å². The van der Waals surface area contributed by atoms with Gasteiger partial charge in [-0.25, -0.2) is 9.59 Å². The molecule has 3 unspecified atom stereocenters. The summed E-state index contributed by atoms with van der Waals surface area (Å²) < 4.78 is 59.8. The summed E-state index contributed by atoms with van der Waals surface area (Å²) >= 11 is 0. The number of benzene rings is 1. The maximum Gasteiger partial charge on any atom is 0.511 e. The van der Waals surface area contributed by atoms with Crippen LogP contribution in [0.3, 0.4) is 0 Å². The van der Waals surface area contributed by atoms with Gasteiger partial charge < -0.3 is 23.8 Å². The van der Waals surface area contributed by atoms with E-state index in [0.717, 1.165) is 18.6 Å². The van der Waals surface area contributed by atoms with Crippen molar-refractivity contribution in [2.45, 2.75) is 52.4 Å². The zero-order valence-corrected chi connectivity index (χ0v) is 17.4. The van der Waals surface area contributed by atoms with E-state index in [1.165, 1.54) is 6.92 Å². The fourth-order valence-corrected chi connectivity index (χ4v) is 2.86. The Morgan fingerprint density at radius 1 is 1.19 bits per heavy atom. The van der Waals surface area contributed by atoms with Gasteiger partial charge in [-0.1, -0.05) is 11.6 Å². The normalized spacial score (nSPS) is 17.1. The number of fused-ring (bicyclic) bond motifs is 1. The zero-order valence-electron chi connectivity index (χ0n) is 17.4. The molecule has 0 fully saturated rings. The third-order valence-electron chi connectivity index (χ3n) is 4.06. The van der Waals surface area contributed by atoms with Crippen molar-refractivity contribution in [3.63, 3.8) is 0 Å². The van der Waals surface area contributed by atoms with Crippen LogP contribution in [0.15, 0.2) is 17.7 Å². The van der Waals surface area contributed by atoms with Gasteiger partial charge in [0, 0.05) is 12.5 Å². The lowest BCUT2D eigenvalue weighted by Gasteiger charge is -2.29. The first-order valence-corrected chi connectivity index (χ1v) is 9.19. The lowest BCUT2D eigenvalue weighted by Crippen LogP contribution is -2.41. The fourth-order valence-electron chi connectivity index (χ4n) is 2.86. The first kappa shape index (κ1) is 24.8. The number of halogens is 3. The summed E-state index contributed by atoms with van der Waals surface area (Å²) in [6.45, 7) is 5.07. The Labute approximate surface area is 179 Å². The average molecular weight is 463 g/mol. The topological polar surface area (TPSA) is 123 Å². The SMILES string of the molecule is Cc1cc(C)c2c(c1)C=C(C(=O)OC(C)OC(=O)OC(C)CO[N+](=O)[O-])C(C(F)(F)F)O2. The third-order valence-corrected chi connectivity index (χ3v) is 4.06. The van der Waals surface area contributed by atoms with Crippen LogP contribution in [-0.2, 0) is 23.8 Å². The van der Waals surface area contributed by atoms with E-state index in [0.29, 0.717) is 5.56 Å². The van der Waals surface area contributed by atoms with E-state index < -0.39 is 54.1 Å². The van der Waals surface area contributed by atoms with Crippen LogP contribution in [0.2, 0.25) is 0 Å². The molecule has 1 aliphatic rings. The average Bonchev–Trinajstić information content (AvgIpc) is 2.64. The lowest BCUT2D eigenvalue weighted by atomic mass is 9.97. The Morgan fingerprint density at radius 2 is 1.84 bits per heavy atom. The molecular weight excluding hydrogens is 443 g/mol. The number of nitrogens with zero attached hydrogens (tertiary/aromatic N) is 1. The molecule has 0 aromatic heterocycles. The van der Waals surface area contributed by atoms with Crippen LogP contribution in [0.5, 0.6) is 5.75 Å². The molecule has 10 nitrogen and oxygen atoms in total. The van der Waals surface area contributed by atoms with Crippen molar-refractivity contribution in [2.75, 3.05) is 6.61 Å². The van der Waals surface area contributed by atoms with Gasteiger partial charge in [-0.05, 0) is 38.5 Å². The van der Waals surface area contributed by atoms with Gasteiger partial charge in [-0.3, -0.25) is 0 Å². The van der Waals surface area contributed by atoms with E-state index in [1.807, 2.05) is 0 Å². The molecule has 13 heteroatoms. The summed E-state index contributed by atoms with van der Waals surface area (Å²) in [5.74, 6) is -1.42. The molecule has 0 spiro atoms. The highest BCUT2D eigenvalue weighted by molar-refractivity contribution is 5.96. The Balaban J connectivity index is 2.11. The van der Waals surface area contributed by atoms with E-state index in [1.54, 1.807) is 26.0 Å². The minimum atomic E-state index is -4.92. The number of aryl methyl sites for hydroxylation is 2. The van der Waals surface area contributed by atoms with Crippen LogP contribution in [-0.4, -0.2) is 48.5 Å². The molecule has 0 amide bonds. The van der Waals surface area contributed by atoms with Crippen molar-refractivity contribution in [3.8, 4) is 5.75 Å². The van der Waals surface area contributed by atoms with Crippen LogP contribution >= 0.6 is 0 Å². The molecule has 1 heterocycles. The van der Waals surface area contributed by atoms with Crippen LogP contribution in [0.25, 0.3) is 6.08 Å². The second kappa shape index (κ2) is 9.75. The molecule has 1 aromatic rings. The quantitative estimate of drug-likeness (QED) is 0.258. The molecule has 0 radical (unpaired) electrons. The molecular formula is C19H20F3NO9. The Hall–Kier alpha value is -3.51. The number of hydrogen-bond donors (Lipinski definition) is 0. The number of ether oxygens (including phenoxy) is 4. The number of rotatable bonds is 7. The predicted octanol–water partition coefficient (Wildman–Crippen LogP) is 3.65. The van der Waals surface area contributed by atoms with Crippen molar-refractivity contribution in [1.82, 2.24) is 0 Å². The molecule has 0 bridgehead atoms. The van der Waals surface area contributed by atoms with Gasteiger partial charge in [0.05, 0.1) is 5.57 Å². The summed E-state index contributed by atoms with van der Waals surface area (Å²) in [5, 5.41) is 9.02. The summed E-state index contributed by atoms with van der Waals surface area (Å²) in [6, 6.07) is 3.19. The molecule has 176 valence electrons. The first-order chi connectivity index (χ1) is 14.8. The largest absolute Gasteiger partial charge is 0.511 e. The van der Waals surface area contributed by atoms with Crippen molar-refractivity contribution < 1.29 is 51.6 Å². The molecule has 0 aliphatic carbocycles. The molecule has 32 heavy (non-hydrogen) atoms. The fraction of sp³-hybridized carbons (Fsp3) is 0.474. The molecule has 1 aromatic carbocycles. The van der Waals surface area contributed by atoms with Gasteiger partial charge >= 0.3 is 18.3 Å². The highest BCUT2D eigenvalue weighted by atomic mass is 19.4. The number of hydrogen-bond acceptors (Lipinski definition) is 9. The number of esters is 1. The lowest BCUT2D eigenvalue weighted by molar-refractivity contribution is -0.759. The first-order valence-electron chi connectivity index (χ1n) is 9.19. The van der Waals surface area contributed by atoms with Crippen molar-refractivity contribution >= 4 is 18.2 Å². The van der Waals surface area contributed by atoms with Crippen molar-refractivity contribution in [1.29, 1.82) is 0 Å². The predicted molar refractivity (Wildman–Crippen MR) is 99.9 cm³/mol. The monoisotopic (exact) mass is 463 g/mol. The zero-order chi connectivity index (χ0) is 24.2. The maximum atomic E-state index is 13.5. The van der Waals surface area contributed by atoms with Gasteiger partial charge in [0.15, 0.2) is 0 Å². The van der Waals surface area contributed by atoms with E-state index in [4.69, 9.17) is 9.47 Å². The van der Waals surface area contributed by atoms with Crippen LogP contribution < -0.4 is 4.74 Å².